The molecule has 1 atom stereocenters. The van der Waals surface area contributed by atoms with E-state index >= 15 is 0 Å². The molecular formula is C18H16N2O2. The quantitative estimate of drug-likeness (QED) is 0.832. The van der Waals surface area contributed by atoms with Gasteiger partial charge < -0.3 is 10.6 Å². The Bertz CT molecular complexity index is 751. The van der Waals surface area contributed by atoms with Gasteiger partial charge in [-0.2, -0.15) is 0 Å². The largest absolute Gasteiger partial charge is 0.348 e. The van der Waals surface area contributed by atoms with Gasteiger partial charge in [0.2, 0.25) is 12.8 Å². The number of carbonyl (C=O) groups excluding carboxylic acids is 2. The molecule has 0 bridgehead atoms. The molecule has 0 spiro atoms. The minimum absolute atomic E-state index is 0.210. The Kier molecular flexibility index (Phi) is 3.74. The van der Waals surface area contributed by atoms with E-state index < -0.39 is 0 Å². The molecule has 2 aromatic carbocycles. The third-order valence-electron chi connectivity index (χ3n) is 4.01. The normalized spacial score (nSPS) is 16.1. The highest BCUT2D eigenvalue weighted by atomic mass is 16.1. The maximum absolute atomic E-state index is 11.0. The van der Waals surface area contributed by atoms with Crippen LogP contribution in [0.25, 0.3) is 16.8 Å². The minimum Gasteiger partial charge on any atom is -0.348 e. The summed E-state index contributed by atoms with van der Waals surface area (Å²) in [5.41, 5.74) is 5.77. The van der Waals surface area contributed by atoms with Gasteiger partial charge in [-0.15, -0.1) is 0 Å². The van der Waals surface area contributed by atoms with E-state index in [1.54, 1.807) is 0 Å². The number of hydrogen-bond acceptors (Lipinski definition) is 2. The van der Waals surface area contributed by atoms with Crippen molar-refractivity contribution in [3.63, 3.8) is 0 Å². The number of fused-ring (bicyclic) bond motifs is 1. The summed E-state index contributed by atoms with van der Waals surface area (Å²) in [5.74, 6) is 0. The van der Waals surface area contributed by atoms with Crippen LogP contribution >= 0.6 is 0 Å². The molecule has 1 aliphatic carbocycles. The Morgan fingerprint density at radius 3 is 2.41 bits per heavy atom. The van der Waals surface area contributed by atoms with Gasteiger partial charge in [0.05, 0.1) is 11.7 Å². The summed E-state index contributed by atoms with van der Waals surface area (Å²) in [4.78, 5) is 21.9. The first kappa shape index (κ1) is 14.1. The van der Waals surface area contributed by atoms with Gasteiger partial charge in [-0.05, 0) is 29.2 Å². The standard InChI is InChI=1S/C18H16N2O2/c1-12-17(19-10-21)15-9-5-8-14(13-6-3-2-4-7-13)16(15)18(12)20-11-22/h2-11,17H,1H3,(H,19,21)(H,20,22). The monoisotopic (exact) mass is 292 g/mol. The van der Waals surface area contributed by atoms with Crippen LogP contribution in [0, 0.1) is 0 Å². The highest BCUT2D eigenvalue weighted by Crippen LogP contribution is 2.43. The highest BCUT2D eigenvalue weighted by Gasteiger charge is 2.30. The summed E-state index contributed by atoms with van der Waals surface area (Å²) >= 11 is 0. The molecule has 0 aliphatic heterocycles. The zero-order valence-corrected chi connectivity index (χ0v) is 12.2. The lowest BCUT2D eigenvalue weighted by atomic mass is 9.95. The van der Waals surface area contributed by atoms with Gasteiger partial charge in [-0.3, -0.25) is 9.59 Å². The Morgan fingerprint density at radius 1 is 0.955 bits per heavy atom. The minimum atomic E-state index is -0.210. The maximum atomic E-state index is 11.0. The summed E-state index contributed by atoms with van der Waals surface area (Å²) in [6.07, 6.45) is 1.37. The molecule has 22 heavy (non-hydrogen) atoms. The van der Waals surface area contributed by atoms with Crippen LogP contribution in [0.4, 0.5) is 0 Å². The molecule has 1 unspecified atom stereocenters. The molecule has 0 heterocycles. The van der Waals surface area contributed by atoms with Gasteiger partial charge in [0.1, 0.15) is 0 Å². The van der Waals surface area contributed by atoms with Gasteiger partial charge >= 0.3 is 0 Å². The third kappa shape index (κ3) is 2.19. The first-order chi connectivity index (χ1) is 10.8. The van der Waals surface area contributed by atoms with Crippen molar-refractivity contribution in [1.82, 2.24) is 10.6 Å². The zero-order chi connectivity index (χ0) is 15.5. The number of amides is 2. The van der Waals surface area contributed by atoms with Gasteiger partial charge in [-0.1, -0.05) is 48.5 Å². The summed E-state index contributed by atoms with van der Waals surface area (Å²) in [7, 11) is 0. The fraction of sp³-hybridized carbons (Fsp3) is 0.111. The fourth-order valence-corrected chi connectivity index (χ4v) is 3.05. The Balaban J connectivity index is 2.23. The molecule has 0 radical (unpaired) electrons. The Hall–Kier alpha value is -2.88. The molecule has 0 saturated heterocycles. The van der Waals surface area contributed by atoms with Crippen molar-refractivity contribution in [2.75, 3.05) is 0 Å². The predicted molar refractivity (Wildman–Crippen MR) is 85.6 cm³/mol. The molecule has 1 aliphatic rings. The van der Waals surface area contributed by atoms with Gasteiger partial charge in [0.25, 0.3) is 0 Å². The summed E-state index contributed by atoms with van der Waals surface area (Å²) in [6, 6.07) is 15.8. The van der Waals surface area contributed by atoms with Crippen molar-refractivity contribution in [2.45, 2.75) is 13.0 Å². The van der Waals surface area contributed by atoms with Crippen molar-refractivity contribution in [3.8, 4) is 11.1 Å². The summed E-state index contributed by atoms with van der Waals surface area (Å²) in [5, 5.41) is 5.62. The van der Waals surface area contributed by atoms with Gasteiger partial charge in [0.15, 0.2) is 0 Å². The topological polar surface area (TPSA) is 58.2 Å². The molecule has 0 aromatic heterocycles. The molecular weight excluding hydrogens is 276 g/mol. The van der Waals surface area contributed by atoms with E-state index in [1.165, 1.54) is 0 Å². The molecule has 3 rings (SSSR count). The number of rotatable bonds is 5. The van der Waals surface area contributed by atoms with Crippen LogP contribution in [0.5, 0.6) is 0 Å². The lowest BCUT2D eigenvalue weighted by Crippen LogP contribution is -2.19. The van der Waals surface area contributed by atoms with E-state index in [9.17, 15) is 9.59 Å². The van der Waals surface area contributed by atoms with Gasteiger partial charge in [0, 0.05) is 5.56 Å². The molecule has 2 N–H and O–H groups in total. The molecule has 2 amide bonds. The van der Waals surface area contributed by atoms with Crippen molar-refractivity contribution in [2.24, 2.45) is 0 Å². The average Bonchev–Trinajstić information content (AvgIpc) is 2.82. The maximum Gasteiger partial charge on any atom is 0.211 e. The van der Waals surface area contributed by atoms with Crippen LogP contribution in [0.1, 0.15) is 24.1 Å². The average molecular weight is 292 g/mol. The van der Waals surface area contributed by atoms with Crippen LogP contribution in [0.2, 0.25) is 0 Å². The van der Waals surface area contributed by atoms with E-state index in [-0.39, 0.29) is 6.04 Å². The van der Waals surface area contributed by atoms with Crippen molar-refractivity contribution < 1.29 is 9.59 Å². The van der Waals surface area contributed by atoms with Crippen LogP contribution in [-0.2, 0) is 9.59 Å². The lowest BCUT2D eigenvalue weighted by Gasteiger charge is -2.14. The molecule has 2 aromatic rings. The van der Waals surface area contributed by atoms with Crippen LogP contribution in [0.15, 0.2) is 54.1 Å². The van der Waals surface area contributed by atoms with E-state index in [4.69, 9.17) is 0 Å². The molecule has 0 fully saturated rings. The summed E-state index contributed by atoms with van der Waals surface area (Å²) < 4.78 is 0. The predicted octanol–water partition coefficient (Wildman–Crippen LogP) is 2.63. The fourth-order valence-electron chi connectivity index (χ4n) is 3.05. The van der Waals surface area contributed by atoms with Crippen LogP contribution < -0.4 is 10.6 Å². The van der Waals surface area contributed by atoms with Crippen molar-refractivity contribution in [3.05, 3.63) is 65.2 Å². The van der Waals surface area contributed by atoms with Crippen LogP contribution in [0.3, 0.4) is 0 Å². The summed E-state index contributed by atoms with van der Waals surface area (Å²) in [6.45, 7) is 1.92. The van der Waals surface area contributed by atoms with E-state index in [0.29, 0.717) is 12.8 Å². The highest BCUT2D eigenvalue weighted by molar-refractivity contribution is 5.91. The lowest BCUT2D eigenvalue weighted by molar-refractivity contribution is -0.110. The van der Waals surface area contributed by atoms with Crippen molar-refractivity contribution in [1.29, 1.82) is 0 Å². The number of carbonyl (C=O) groups is 2. The van der Waals surface area contributed by atoms with Crippen molar-refractivity contribution >= 4 is 18.5 Å². The molecule has 0 saturated carbocycles. The van der Waals surface area contributed by atoms with E-state index in [0.717, 1.165) is 33.5 Å². The molecule has 110 valence electrons. The number of benzene rings is 2. The Morgan fingerprint density at radius 2 is 1.73 bits per heavy atom. The zero-order valence-electron chi connectivity index (χ0n) is 12.2. The smallest absolute Gasteiger partial charge is 0.211 e. The first-order valence-corrected chi connectivity index (χ1v) is 7.07. The Labute approximate surface area is 128 Å². The molecule has 4 nitrogen and oxygen atoms in total. The number of nitrogens with one attached hydrogen (secondary N) is 2. The SMILES string of the molecule is CC1=C(NC=O)c2c(-c3ccccc3)cccc2C1NC=O. The first-order valence-electron chi connectivity index (χ1n) is 7.07. The van der Waals surface area contributed by atoms with Crippen LogP contribution in [-0.4, -0.2) is 12.8 Å². The van der Waals surface area contributed by atoms with Gasteiger partial charge in [-0.25, -0.2) is 0 Å². The second-order valence-electron chi connectivity index (χ2n) is 5.17. The van der Waals surface area contributed by atoms with E-state index in [1.807, 2.05) is 55.5 Å². The molecule has 4 heteroatoms. The second kappa shape index (κ2) is 5.85. The number of hydrogen-bond donors (Lipinski definition) is 2. The second-order valence-corrected chi connectivity index (χ2v) is 5.17. The van der Waals surface area contributed by atoms with E-state index in [2.05, 4.69) is 10.6 Å². The third-order valence-corrected chi connectivity index (χ3v) is 4.01.